The summed E-state index contributed by atoms with van der Waals surface area (Å²) >= 11 is 5.32. The number of aryl methyl sites for hydroxylation is 2. The maximum atomic E-state index is 11.8. The highest BCUT2D eigenvalue weighted by molar-refractivity contribution is 7.71. The molecule has 0 spiro atoms. The van der Waals surface area contributed by atoms with Crippen molar-refractivity contribution in [2.75, 3.05) is 11.4 Å². The first kappa shape index (κ1) is 13.3. The summed E-state index contributed by atoms with van der Waals surface area (Å²) in [5.74, 6) is 0.833. The number of nitrogens with one attached hydrogen (secondary N) is 1. The van der Waals surface area contributed by atoms with E-state index in [4.69, 9.17) is 12.2 Å². The molecule has 112 valence electrons. The van der Waals surface area contributed by atoms with E-state index < -0.39 is 0 Å². The highest BCUT2D eigenvalue weighted by Crippen LogP contribution is 2.32. The van der Waals surface area contributed by atoms with Crippen LogP contribution in [0.25, 0.3) is 11.2 Å². The Morgan fingerprint density at radius 3 is 2.68 bits per heavy atom. The SMILES string of the molecule is Cc1ccc(N2CCn3c2nc2c3c(=S)[nH]c(=O)n2C)cc1. The lowest BCUT2D eigenvalue weighted by molar-refractivity contribution is 0.803. The quantitative estimate of drug-likeness (QED) is 0.700. The van der Waals surface area contributed by atoms with Gasteiger partial charge in [0.2, 0.25) is 5.95 Å². The fourth-order valence-electron chi connectivity index (χ4n) is 2.91. The van der Waals surface area contributed by atoms with Crippen molar-refractivity contribution in [3.8, 4) is 0 Å². The predicted molar refractivity (Wildman–Crippen MR) is 88.3 cm³/mol. The van der Waals surface area contributed by atoms with Gasteiger partial charge in [-0.05, 0) is 19.1 Å². The molecule has 0 aliphatic carbocycles. The van der Waals surface area contributed by atoms with Gasteiger partial charge in [-0.15, -0.1) is 0 Å². The van der Waals surface area contributed by atoms with Gasteiger partial charge in [-0.3, -0.25) is 9.55 Å². The van der Waals surface area contributed by atoms with E-state index in [0.29, 0.717) is 10.3 Å². The lowest BCUT2D eigenvalue weighted by Gasteiger charge is -2.16. The maximum absolute atomic E-state index is 11.8. The Balaban J connectivity index is 1.96. The Morgan fingerprint density at radius 1 is 1.23 bits per heavy atom. The minimum atomic E-state index is -0.240. The molecular formula is C15H15N5OS. The molecule has 0 amide bonds. The molecular weight excluding hydrogens is 298 g/mol. The van der Waals surface area contributed by atoms with Crippen molar-refractivity contribution in [2.45, 2.75) is 13.5 Å². The second-order valence-corrected chi connectivity index (χ2v) is 5.95. The predicted octanol–water partition coefficient (Wildman–Crippen LogP) is 2.25. The summed E-state index contributed by atoms with van der Waals surface area (Å²) in [5, 5.41) is 0. The number of rotatable bonds is 1. The van der Waals surface area contributed by atoms with Crippen molar-refractivity contribution in [1.29, 1.82) is 0 Å². The molecule has 1 N–H and O–H groups in total. The van der Waals surface area contributed by atoms with Crippen LogP contribution in [0.3, 0.4) is 0 Å². The van der Waals surface area contributed by atoms with Crippen molar-refractivity contribution in [3.05, 3.63) is 45.0 Å². The highest BCUT2D eigenvalue weighted by atomic mass is 32.1. The summed E-state index contributed by atoms with van der Waals surface area (Å²) in [6.45, 7) is 3.71. The topological polar surface area (TPSA) is 58.9 Å². The second kappa shape index (κ2) is 4.54. The van der Waals surface area contributed by atoms with Crippen LogP contribution in [-0.2, 0) is 13.6 Å². The second-order valence-electron chi connectivity index (χ2n) is 5.54. The molecule has 0 saturated heterocycles. The van der Waals surface area contributed by atoms with Crippen molar-refractivity contribution < 1.29 is 0 Å². The first-order valence-electron chi connectivity index (χ1n) is 7.10. The van der Waals surface area contributed by atoms with Gasteiger partial charge in [0.15, 0.2) is 5.65 Å². The molecule has 0 bridgehead atoms. The van der Waals surface area contributed by atoms with E-state index in [1.165, 1.54) is 10.1 Å². The van der Waals surface area contributed by atoms with Crippen LogP contribution in [0.1, 0.15) is 5.56 Å². The molecule has 1 aliphatic heterocycles. The minimum absolute atomic E-state index is 0.240. The Morgan fingerprint density at radius 2 is 1.95 bits per heavy atom. The summed E-state index contributed by atoms with van der Waals surface area (Å²) in [6.07, 6.45) is 0. The van der Waals surface area contributed by atoms with Crippen molar-refractivity contribution >= 4 is 35.0 Å². The molecule has 7 heteroatoms. The standard InChI is InChI=1S/C15H15N5OS/c1-9-3-5-10(6-4-9)19-7-8-20-11-12(16-14(19)20)18(2)15(21)17-13(11)22/h3-6H,7-8H2,1-2H3,(H,17,21,22). The van der Waals surface area contributed by atoms with E-state index in [1.54, 1.807) is 7.05 Å². The van der Waals surface area contributed by atoms with Crippen LogP contribution in [0.2, 0.25) is 0 Å². The molecule has 0 fully saturated rings. The zero-order valence-corrected chi connectivity index (χ0v) is 13.1. The molecule has 0 saturated carbocycles. The third-order valence-corrected chi connectivity index (χ3v) is 4.42. The van der Waals surface area contributed by atoms with Crippen molar-refractivity contribution in [3.63, 3.8) is 0 Å². The monoisotopic (exact) mass is 313 g/mol. The van der Waals surface area contributed by atoms with E-state index in [9.17, 15) is 4.79 Å². The van der Waals surface area contributed by atoms with E-state index >= 15 is 0 Å². The minimum Gasteiger partial charge on any atom is -0.310 e. The van der Waals surface area contributed by atoms with Gasteiger partial charge in [0.1, 0.15) is 10.2 Å². The maximum Gasteiger partial charge on any atom is 0.327 e. The third kappa shape index (κ3) is 1.75. The van der Waals surface area contributed by atoms with Gasteiger partial charge >= 0.3 is 5.69 Å². The number of aromatic amines is 1. The van der Waals surface area contributed by atoms with Gasteiger partial charge in [0.25, 0.3) is 0 Å². The molecule has 1 aliphatic rings. The smallest absolute Gasteiger partial charge is 0.310 e. The summed E-state index contributed by atoms with van der Waals surface area (Å²) in [5.41, 5.74) is 3.53. The lowest BCUT2D eigenvalue weighted by Crippen LogP contribution is -2.21. The molecule has 1 aromatic carbocycles. The summed E-state index contributed by atoms with van der Waals surface area (Å²) in [7, 11) is 1.70. The van der Waals surface area contributed by atoms with Crippen molar-refractivity contribution in [2.24, 2.45) is 7.05 Å². The van der Waals surface area contributed by atoms with Crippen LogP contribution < -0.4 is 10.6 Å². The van der Waals surface area contributed by atoms with Crippen LogP contribution in [0.5, 0.6) is 0 Å². The van der Waals surface area contributed by atoms with Crippen LogP contribution in [0, 0.1) is 11.6 Å². The molecule has 0 radical (unpaired) electrons. The average Bonchev–Trinajstić information content (AvgIpc) is 3.05. The largest absolute Gasteiger partial charge is 0.327 e. The number of H-pyrrole nitrogens is 1. The van der Waals surface area contributed by atoms with Gasteiger partial charge in [-0.25, -0.2) is 4.79 Å². The number of imidazole rings is 1. The number of nitrogens with zero attached hydrogens (tertiary/aromatic N) is 4. The lowest BCUT2D eigenvalue weighted by atomic mass is 10.2. The fraction of sp³-hybridized carbons (Fsp3) is 0.267. The van der Waals surface area contributed by atoms with E-state index in [0.717, 1.165) is 30.2 Å². The van der Waals surface area contributed by atoms with Gasteiger partial charge in [-0.1, -0.05) is 29.9 Å². The Hall–Kier alpha value is -2.41. The molecule has 3 aromatic rings. The number of hydrogen-bond acceptors (Lipinski definition) is 4. The van der Waals surface area contributed by atoms with Gasteiger partial charge in [-0.2, -0.15) is 4.98 Å². The summed E-state index contributed by atoms with van der Waals surface area (Å²) < 4.78 is 4.03. The molecule has 4 rings (SSSR count). The molecule has 22 heavy (non-hydrogen) atoms. The molecule has 0 unspecified atom stereocenters. The number of benzene rings is 1. The van der Waals surface area contributed by atoms with Crippen LogP contribution in [0.15, 0.2) is 29.1 Å². The van der Waals surface area contributed by atoms with Gasteiger partial charge in [0, 0.05) is 25.8 Å². The summed E-state index contributed by atoms with van der Waals surface area (Å²) in [4.78, 5) is 21.4. The van der Waals surface area contributed by atoms with Crippen LogP contribution >= 0.6 is 12.2 Å². The Bertz CT molecular complexity index is 996. The molecule has 2 aromatic heterocycles. The van der Waals surface area contributed by atoms with Gasteiger partial charge in [0.05, 0.1) is 0 Å². The van der Waals surface area contributed by atoms with Gasteiger partial charge < -0.3 is 9.47 Å². The number of anilines is 2. The zero-order valence-electron chi connectivity index (χ0n) is 12.3. The Kier molecular flexibility index (Phi) is 2.74. The van der Waals surface area contributed by atoms with Crippen LogP contribution in [0.4, 0.5) is 11.6 Å². The average molecular weight is 313 g/mol. The zero-order chi connectivity index (χ0) is 15.4. The Labute approximate surface area is 131 Å². The number of hydrogen-bond donors (Lipinski definition) is 1. The normalized spacial score (nSPS) is 13.8. The first-order chi connectivity index (χ1) is 10.6. The number of aromatic nitrogens is 4. The molecule has 3 heterocycles. The molecule has 6 nitrogen and oxygen atoms in total. The highest BCUT2D eigenvalue weighted by Gasteiger charge is 2.26. The fourth-order valence-corrected chi connectivity index (χ4v) is 3.20. The number of fused-ring (bicyclic) bond motifs is 3. The summed E-state index contributed by atoms with van der Waals surface area (Å²) in [6, 6.07) is 8.35. The van der Waals surface area contributed by atoms with Crippen LogP contribution in [-0.4, -0.2) is 25.6 Å². The van der Waals surface area contributed by atoms with E-state index in [1.807, 2.05) is 0 Å². The van der Waals surface area contributed by atoms with E-state index in [2.05, 4.69) is 50.6 Å². The molecule has 0 atom stereocenters. The van der Waals surface area contributed by atoms with Crippen molar-refractivity contribution in [1.82, 2.24) is 19.1 Å². The third-order valence-electron chi connectivity index (χ3n) is 4.12. The first-order valence-corrected chi connectivity index (χ1v) is 7.51. The van der Waals surface area contributed by atoms with E-state index in [-0.39, 0.29) is 5.69 Å².